The summed E-state index contributed by atoms with van der Waals surface area (Å²) in [5, 5.41) is 9.91. The average Bonchev–Trinajstić information content (AvgIpc) is 2.76. The molecule has 0 radical (unpaired) electrons. The molecule has 4 aliphatic carbocycles. The highest BCUT2D eigenvalue weighted by Gasteiger charge is 2.57. The van der Waals surface area contributed by atoms with Crippen LogP contribution in [-0.4, -0.2) is 17.0 Å². The summed E-state index contributed by atoms with van der Waals surface area (Å²) >= 11 is 0. The van der Waals surface area contributed by atoms with E-state index in [-0.39, 0.29) is 16.9 Å². The molecule has 114 valence electrons. The predicted molar refractivity (Wildman–Crippen MR) is 82.6 cm³/mol. The fourth-order valence-electron chi connectivity index (χ4n) is 6.01. The predicted octanol–water partition coefficient (Wildman–Crippen LogP) is 3.66. The Hall–Kier alpha value is -0.890. The highest BCUT2D eigenvalue weighted by molar-refractivity contribution is 5.87. The summed E-state index contributed by atoms with van der Waals surface area (Å²) in [6.07, 6.45) is 12.4. The van der Waals surface area contributed by atoms with E-state index in [0.717, 1.165) is 38.5 Å². The second kappa shape index (κ2) is 4.32. The summed E-state index contributed by atoms with van der Waals surface area (Å²) in [7, 11) is 0. The van der Waals surface area contributed by atoms with Crippen LogP contribution in [0.4, 0.5) is 0 Å². The maximum Gasteiger partial charge on any atom is 0.139 e. The van der Waals surface area contributed by atoms with Crippen LogP contribution in [0.2, 0.25) is 0 Å². The minimum absolute atomic E-state index is 0.0409. The maximum absolute atomic E-state index is 12.3. The Balaban J connectivity index is 1.72. The quantitative estimate of drug-likeness (QED) is 0.690. The van der Waals surface area contributed by atoms with Gasteiger partial charge in [-0.1, -0.05) is 37.6 Å². The van der Waals surface area contributed by atoms with E-state index in [9.17, 15) is 9.90 Å². The normalized spacial score (nSPS) is 52.0. The zero-order valence-corrected chi connectivity index (χ0v) is 13.1. The molecule has 6 atom stereocenters. The number of aliphatic hydroxyl groups excluding tert-OH is 1. The van der Waals surface area contributed by atoms with Crippen LogP contribution < -0.4 is 0 Å². The second-order valence-corrected chi connectivity index (χ2v) is 8.17. The number of hydrogen-bond donors (Lipinski definition) is 1. The van der Waals surface area contributed by atoms with E-state index >= 15 is 0 Å². The molecule has 0 amide bonds. The fourth-order valence-corrected chi connectivity index (χ4v) is 6.01. The van der Waals surface area contributed by atoms with Gasteiger partial charge in [-0.15, -0.1) is 0 Å². The number of allylic oxidation sites excluding steroid dienone is 2. The molecule has 2 heteroatoms. The van der Waals surface area contributed by atoms with Gasteiger partial charge < -0.3 is 5.11 Å². The molecule has 0 saturated heterocycles. The van der Waals surface area contributed by atoms with E-state index in [0.29, 0.717) is 23.5 Å². The van der Waals surface area contributed by atoms with Crippen LogP contribution >= 0.6 is 0 Å². The molecule has 2 nitrogen and oxygen atoms in total. The smallest absolute Gasteiger partial charge is 0.139 e. The topological polar surface area (TPSA) is 37.3 Å². The summed E-state index contributed by atoms with van der Waals surface area (Å²) in [6, 6.07) is 0. The van der Waals surface area contributed by atoms with E-state index in [2.05, 4.69) is 26.0 Å². The molecule has 4 aliphatic rings. The van der Waals surface area contributed by atoms with Crippen molar-refractivity contribution in [3.8, 4) is 0 Å². The third kappa shape index (κ3) is 1.72. The van der Waals surface area contributed by atoms with Gasteiger partial charge >= 0.3 is 0 Å². The van der Waals surface area contributed by atoms with Crippen LogP contribution in [0.5, 0.6) is 0 Å². The third-order valence-electron chi connectivity index (χ3n) is 7.34. The molecule has 0 unspecified atom stereocenters. The molecule has 0 aromatic carbocycles. The van der Waals surface area contributed by atoms with Gasteiger partial charge in [-0.3, -0.25) is 4.79 Å². The number of carbonyl (C=O) groups excluding carboxylic acids is 1. The minimum Gasteiger partial charge on any atom is -0.389 e. The number of Topliss-reactive ketones (excluding diaryl/α,β-unsaturated/α-hetero) is 1. The minimum atomic E-state index is -0.303. The van der Waals surface area contributed by atoms with Crippen molar-refractivity contribution in [3.05, 3.63) is 23.8 Å². The monoisotopic (exact) mass is 286 g/mol. The molecule has 2 fully saturated rings. The Kier molecular flexibility index (Phi) is 2.83. The second-order valence-electron chi connectivity index (χ2n) is 8.17. The van der Waals surface area contributed by atoms with E-state index in [1.165, 1.54) is 5.57 Å². The van der Waals surface area contributed by atoms with E-state index in [1.807, 2.05) is 6.08 Å². The van der Waals surface area contributed by atoms with E-state index in [1.54, 1.807) is 0 Å². The SMILES string of the molecule is C[C@]12C=C[C@@H](O)CC1=CC[C@@H]1[C@@H]2CC[C@]2(C)C(=O)CC[C@@H]12. The molecule has 21 heavy (non-hydrogen) atoms. The zero-order valence-electron chi connectivity index (χ0n) is 13.1. The lowest BCUT2D eigenvalue weighted by Gasteiger charge is -2.55. The number of carbonyl (C=O) groups is 1. The molecule has 0 aliphatic heterocycles. The van der Waals surface area contributed by atoms with Gasteiger partial charge in [0.15, 0.2) is 0 Å². The van der Waals surface area contributed by atoms with Crippen LogP contribution in [0.25, 0.3) is 0 Å². The molecule has 0 bridgehead atoms. The van der Waals surface area contributed by atoms with Crippen LogP contribution in [0, 0.1) is 28.6 Å². The molecule has 2 saturated carbocycles. The fraction of sp³-hybridized carbons (Fsp3) is 0.737. The molecular formula is C19H26O2. The Morgan fingerprint density at radius 1 is 1.24 bits per heavy atom. The van der Waals surface area contributed by atoms with Crippen molar-refractivity contribution in [2.75, 3.05) is 0 Å². The standard InChI is InChI=1S/C19H26O2/c1-18-9-7-13(20)11-12(18)3-4-14-15-5-6-17(21)19(15,2)10-8-16(14)18/h3,7,9,13-16,20H,4-6,8,10-11H2,1-2H3/t13-,14+,15+,16+,18+,19+/m1/s1. The zero-order chi connectivity index (χ0) is 14.8. The number of aliphatic hydroxyl groups is 1. The average molecular weight is 286 g/mol. The van der Waals surface area contributed by atoms with Gasteiger partial charge in [-0.05, 0) is 49.9 Å². The lowest BCUT2D eigenvalue weighted by atomic mass is 9.49. The first kappa shape index (κ1) is 13.8. The summed E-state index contributed by atoms with van der Waals surface area (Å²) in [6.45, 7) is 4.59. The van der Waals surface area contributed by atoms with Crippen molar-refractivity contribution in [2.24, 2.45) is 28.6 Å². The van der Waals surface area contributed by atoms with Gasteiger partial charge in [0.25, 0.3) is 0 Å². The Morgan fingerprint density at radius 2 is 2.05 bits per heavy atom. The van der Waals surface area contributed by atoms with Crippen molar-refractivity contribution in [2.45, 2.75) is 58.5 Å². The van der Waals surface area contributed by atoms with Gasteiger partial charge in [0, 0.05) is 17.3 Å². The molecular weight excluding hydrogens is 260 g/mol. The Morgan fingerprint density at radius 3 is 2.86 bits per heavy atom. The highest BCUT2D eigenvalue weighted by atomic mass is 16.3. The van der Waals surface area contributed by atoms with Crippen molar-refractivity contribution >= 4 is 5.78 Å². The first-order valence-corrected chi connectivity index (χ1v) is 8.55. The lowest BCUT2D eigenvalue weighted by molar-refractivity contribution is -0.131. The summed E-state index contributed by atoms with van der Waals surface area (Å²) < 4.78 is 0. The van der Waals surface area contributed by atoms with Crippen molar-refractivity contribution < 1.29 is 9.90 Å². The van der Waals surface area contributed by atoms with Crippen LogP contribution in [0.3, 0.4) is 0 Å². The molecule has 1 N–H and O–H groups in total. The number of hydrogen-bond acceptors (Lipinski definition) is 2. The van der Waals surface area contributed by atoms with Crippen LogP contribution in [0.1, 0.15) is 52.4 Å². The van der Waals surface area contributed by atoms with Crippen LogP contribution in [0.15, 0.2) is 23.8 Å². The summed E-state index contributed by atoms with van der Waals surface area (Å²) in [5.41, 5.74) is 1.52. The third-order valence-corrected chi connectivity index (χ3v) is 7.34. The molecule has 4 rings (SSSR count). The Labute approximate surface area is 127 Å². The Bertz CT molecular complexity index is 546. The van der Waals surface area contributed by atoms with Crippen molar-refractivity contribution in [1.29, 1.82) is 0 Å². The van der Waals surface area contributed by atoms with Gasteiger partial charge in [-0.25, -0.2) is 0 Å². The van der Waals surface area contributed by atoms with Gasteiger partial charge in [0.05, 0.1) is 6.10 Å². The van der Waals surface area contributed by atoms with Gasteiger partial charge in [0.2, 0.25) is 0 Å². The molecule has 0 aromatic rings. The van der Waals surface area contributed by atoms with Crippen LogP contribution in [-0.2, 0) is 4.79 Å². The van der Waals surface area contributed by atoms with Gasteiger partial charge in [-0.2, -0.15) is 0 Å². The summed E-state index contributed by atoms with van der Waals surface area (Å²) in [4.78, 5) is 12.3. The molecule has 0 spiro atoms. The molecule has 0 aromatic heterocycles. The number of ketones is 1. The largest absolute Gasteiger partial charge is 0.389 e. The summed E-state index contributed by atoms with van der Waals surface area (Å²) in [5.74, 6) is 2.41. The van der Waals surface area contributed by atoms with Crippen molar-refractivity contribution in [1.82, 2.24) is 0 Å². The maximum atomic E-state index is 12.3. The lowest BCUT2D eigenvalue weighted by Crippen LogP contribution is -2.49. The highest BCUT2D eigenvalue weighted by Crippen LogP contribution is 2.62. The van der Waals surface area contributed by atoms with Gasteiger partial charge in [0.1, 0.15) is 5.78 Å². The molecule has 0 heterocycles. The number of rotatable bonds is 0. The first-order valence-electron chi connectivity index (χ1n) is 8.55. The number of fused-ring (bicyclic) bond motifs is 5. The van der Waals surface area contributed by atoms with E-state index in [4.69, 9.17) is 0 Å². The van der Waals surface area contributed by atoms with E-state index < -0.39 is 0 Å². The van der Waals surface area contributed by atoms with Crippen molar-refractivity contribution in [3.63, 3.8) is 0 Å². The first-order chi connectivity index (χ1) is 9.95.